The van der Waals surface area contributed by atoms with Gasteiger partial charge >= 0.3 is 5.97 Å². The lowest BCUT2D eigenvalue weighted by atomic mass is 9.91. The zero-order valence-corrected chi connectivity index (χ0v) is 12.9. The number of rotatable bonds is 2. The minimum atomic E-state index is -1.06. The molecule has 0 aliphatic carbocycles. The van der Waals surface area contributed by atoms with Gasteiger partial charge in [0.2, 0.25) is 0 Å². The van der Waals surface area contributed by atoms with E-state index in [4.69, 9.17) is 16.7 Å². The van der Waals surface area contributed by atoms with Gasteiger partial charge in [0, 0.05) is 17.6 Å². The van der Waals surface area contributed by atoms with Crippen LogP contribution in [0.5, 0.6) is 0 Å². The Hall–Kier alpha value is -2.14. The lowest BCUT2D eigenvalue weighted by Crippen LogP contribution is -2.25. The Morgan fingerprint density at radius 2 is 2.09 bits per heavy atom. The molecule has 0 spiro atoms. The highest BCUT2D eigenvalue weighted by Crippen LogP contribution is 2.43. The number of carboxylic acid groups (broad SMARTS) is 1. The predicted octanol–water partition coefficient (Wildman–Crippen LogP) is 4.00. The van der Waals surface area contributed by atoms with Crippen molar-refractivity contribution < 1.29 is 14.3 Å². The summed E-state index contributed by atoms with van der Waals surface area (Å²) in [6.07, 6.45) is 0. The van der Waals surface area contributed by atoms with Crippen molar-refractivity contribution in [3.63, 3.8) is 0 Å². The molecule has 1 aromatic carbocycles. The van der Waals surface area contributed by atoms with Gasteiger partial charge in [-0.25, -0.2) is 14.2 Å². The van der Waals surface area contributed by atoms with E-state index >= 15 is 0 Å². The van der Waals surface area contributed by atoms with Crippen LogP contribution in [-0.2, 0) is 5.41 Å². The zero-order valence-electron chi connectivity index (χ0n) is 12.1. The van der Waals surface area contributed by atoms with Gasteiger partial charge in [0.05, 0.1) is 16.4 Å². The molecule has 0 fully saturated rings. The van der Waals surface area contributed by atoms with Crippen molar-refractivity contribution in [1.29, 1.82) is 0 Å². The van der Waals surface area contributed by atoms with Gasteiger partial charge in [-0.3, -0.25) is 0 Å². The number of benzene rings is 1. The molecule has 1 aromatic heterocycles. The second-order valence-electron chi connectivity index (χ2n) is 5.94. The predicted molar refractivity (Wildman–Crippen MR) is 82.6 cm³/mol. The van der Waals surface area contributed by atoms with Crippen molar-refractivity contribution in [2.75, 3.05) is 11.4 Å². The van der Waals surface area contributed by atoms with Gasteiger partial charge in [-0.15, -0.1) is 0 Å². The summed E-state index contributed by atoms with van der Waals surface area (Å²) in [7, 11) is 0. The van der Waals surface area contributed by atoms with E-state index in [1.54, 1.807) is 12.1 Å². The Bertz CT molecular complexity index is 777. The van der Waals surface area contributed by atoms with Crippen molar-refractivity contribution in [3.05, 3.63) is 52.6 Å². The van der Waals surface area contributed by atoms with E-state index in [0.29, 0.717) is 17.9 Å². The molecule has 1 aliphatic heterocycles. The SMILES string of the molecule is CC1(C)CN(c2ccc(Cl)c(F)c2)c2ccc(C(=O)O)nc21. The van der Waals surface area contributed by atoms with E-state index in [2.05, 4.69) is 4.98 Å². The van der Waals surface area contributed by atoms with Crippen LogP contribution < -0.4 is 4.90 Å². The first-order chi connectivity index (χ1) is 10.3. The quantitative estimate of drug-likeness (QED) is 0.908. The summed E-state index contributed by atoms with van der Waals surface area (Å²) >= 11 is 5.73. The molecule has 114 valence electrons. The van der Waals surface area contributed by atoms with E-state index in [9.17, 15) is 9.18 Å². The minimum absolute atomic E-state index is 0.0101. The molecular formula is C16H14ClFN2O2. The summed E-state index contributed by atoms with van der Waals surface area (Å²) < 4.78 is 13.7. The van der Waals surface area contributed by atoms with Crippen LogP contribution in [0.2, 0.25) is 5.02 Å². The van der Waals surface area contributed by atoms with E-state index in [-0.39, 0.29) is 16.1 Å². The van der Waals surface area contributed by atoms with Crippen LogP contribution in [0.1, 0.15) is 30.0 Å². The van der Waals surface area contributed by atoms with Crippen molar-refractivity contribution in [2.45, 2.75) is 19.3 Å². The first kappa shape index (κ1) is 14.8. The van der Waals surface area contributed by atoms with E-state index < -0.39 is 11.8 Å². The molecule has 2 heterocycles. The molecule has 1 N–H and O–H groups in total. The maximum absolute atomic E-state index is 13.7. The van der Waals surface area contributed by atoms with Crippen LogP contribution in [0.4, 0.5) is 15.8 Å². The maximum Gasteiger partial charge on any atom is 0.354 e. The molecule has 1 aliphatic rings. The highest BCUT2D eigenvalue weighted by molar-refractivity contribution is 6.30. The first-order valence-electron chi connectivity index (χ1n) is 6.77. The summed E-state index contributed by atoms with van der Waals surface area (Å²) in [5, 5.41) is 9.17. The number of carboxylic acids is 1. The van der Waals surface area contributed by atoms with Crippen LogP contribution in [0.25, 0.3) is 0 Å². The number of hydrogen-bond acceptors (Lipinski definition) is 3. The normalized spacial score (nSPS) is 15.7. The van der Waals surface area contributed by atoms with Crippen LogP contribution in [-0.4, -0.2) is 22.6 Å². The topological polar surface area (TPSA) is 53.4 Å². The summed E-state index contributed by atoms with van der Waals surface area (Å²) in [5.41, 5.74) is 1.82. The van der Waals surface area contributed by atoms with E-state index in [0.717, 1.165) is 5.69 Å². The zero-order chi connectivity index (χ0) is 16.1. The summed E-state index contributed by atoms with van der Waals surface area (Å²) in [6, 6.07) is 7.80. The van der Waals surface area contributed by atoms with Crippen LogP contribution >= 0.6 is 11.6 Å². The average Bonchev–Trinajstić information content (AvgIpc) is 2.73. The molecule has 3 rings (SSSR count). The molecule has 0 unspecified atom stereocenters. The molecule has 2 aromatic rings. The second-order valence-corrected chi connectivity index (χ2v) is 6.35. The van der Waals surface area contributed by atoms with Crippen molar-refractivity contribution in [2.24, 2.45) is 0 Å². The van der Waals surface area contributed by atoms with Gasteiger partial charge in [0.1, 0.15) is 11.5 Å². The number of carbonyl (C=O) groups is 1. The van der Waals surface area contributed by atoms with Crippen molar-refractivity contribution >= 4 is 28.9 Å². The highest BCUT2D eigenvalue weighted by atomic mass is 35.5. The van der Waals surface area contributed by atoms with Crippen LogP contribution in [0.3, 0.4) is 0 Å². The number of nitrogens with zero attached hydrogens (tertiary/aromatic N) is 2. The standard InChI is InChI=1S/C16H14ClFN2O2/c1-16(2)8-20(9-3-4-10(17)11(18)7-9)13-6-5-12(15(21)22)19-14(13)16/h3-7H,8H2,1-2H3,(H,21,22). The van der Waals surface area contributed by atoms with E-state index in [1.165, 1.54) is 18.2 Å². The molecular weight excluding hydrogens is 307 g/mol. The highest BCUT2D eigenvalue weighted by Gasteiger charge is 2.38. The smallest absolute Gasteiger partial charge is 0.354 e. The number of aromatic carboxylic acids is 1. The molecule has 0 saturated carbocycles. The number of hydrogen-bond donors (Lipinski definition) is 1. The van der Waals surface area contributed by atoms with Gasteiger partial charge < -0.3 is 10.0 Å². The fourth-order valence-electron chi connectivity index (χ4n) is 2.73. The molecule has 0 bridgehead atoms. The maximum atomic E-state index is 13.7. The third-order valence-corrected chi connectivity index (χ3v) is 4.10. The molecule has 6 heteroatoms. The Labute approximate surface area is 132 Å². The molecule has 0 amide bonds. The van der Waals surface area contributed by atoms with Gasteiger partial charge in [-0.1, -0.05) is 25.4 Å². The van der Waals surface area contributed by atoms with Crippen molar-refractivity contribution in [1.82, 2.24) is 4.98 Å². The fourth-order valence-corrected chi connectivity index (χ4v) is 2.84. The Balaban J connectivity index is 2.11. The Morgan fingerprint density at radius 1 is 1.36 bits per heavy atom. The van der Waals surface area contributed by atoms with Gasteiger partial charge in [-0.05, 0) is 30.3 Å². The number of aromatic nitrogens is 1. The van der Waals surface area contributed by atoms with Crippen LogP contribution in [0, 0.1) is 5.82 Å². The Kier molecular flexibility index (Phi) is 3.33. The van der Waals surface area contributed by atoms with Gasteiger partial charge in [0.25, 0.3) is 0 Å². The lowest BCUT2D eigenvalue weighted by molar-refractivity contribution is 0.0690. The molecule has 0 radical (unpaired) electrons. The van der Waals surface area contributed by atoms with Crippen molar-refractivity contribution in [3.8, 4) is 0 Å². The Morgan fingerprint density at radius 3 is 2.73 bits per heavy atom. The summed E-state index contributed by atoms with van der Waals surface area (Å²) in [5.74, 6) is -1.55. The number of fused-ring (bicyclic) bond motifs is 1. The fraction of sp³-hybridized carbons (Fsp3) is 0.250. The molecule has 22 heavy (non-hydrogen) atoms. The summed E-state index contributed by atoms with van der Waals surface area (Å²) in [4.78, 5) is 17.3. The minimum Gasteiger partial charge on any atom is -0.477 e. The monoisotopic (exact) mass is 320 g/mol. The second kappa shape index (κ2) is 4.95. The first-order valence-corrected chi connectivity index (χ1v) is 7.15. The lowest BCUT2D eigenvalue weighted by Gasteiger charge is -2.22. The third-order valence-electron chi connectivity index (χ3n) is 3.79. The van der Waals surface area contributed by atoms with E-state index in [1.807, 2.05) is 18.7 Å². The van der Waals surface area contributed by atoms with Gasteiger partial charge in [0.15, 0.2) is 0 Å². The molecule has 4 nitrogen and oxygen atoms in total. The molecule has 0 atom stereocenters. The number of halogens is 2. The molecule has 0 saturated heterocycles. The largest absolute Gasteiger partial charge is 0.477 e. The summed E-state index contributed by atoms with van der Waals surface area (Å²) in [6.45, 7) is 4.55. The average molecular weight is 321 g/mol. The van der Waals surface area contributed by atoms with Gasteiger partial charge in [-0.2, -0.15) is 0 Å². The third kappa shape index (κ3) is 2.31. The van der Waals surface area contributed by atoms with Crippen LogP contribution in [0.15, 0.2) is 30.3 Å². The number of anilines is 2. The number of pyridine rings is 1.